The second-order valence-corrected chi connectivity index (χ2v) is 8.72. The summed E-state index contributed by atoms with van der Waals surface area (Å²) in [4.78, 5) is 11.6. The molecule has 0 bridgehead atoms. The van der Waals surface area contributed by atoms with Crippen molar-refractivity contribution < 1.29 is 14.6 Å². The SMILES string of the molecule is CCCCc1c(OC(=O)O)cc(-c2ccc(C)c(C)c2C)c(CCCC)c1CCCC. The van der Waals surface area contributed by atoms with Crippen LogP contribution in [0.3, 0.4) is 0 Å². The monoisotopic (exact) mass is 424 g/mol. The van der Waals surface area contributed by atoms with Crippen molar-refractivity contribution in [3.63, 3.8) is 0 Å². The molecule has 3 nitrogen and oxygen atoms in total. The van der Waals surface area contributed by atoms with Gasteiger partial charge in [-0.3, -0.25) is 0 Å². The smallest absolute Gasteiger partial charge is 0.449 e. The Labute approximate surface area is 188 Å². The molecule has 1 N–H and O–H groups in total. The molecule has 0 spiro atoms. The van der Waals surface area contributed by atoms with E-state index >= 15 is 0 Å². The molecular weight excluding hydrogens is 384 g/mol. The number of hydrogen-bond acceptors (Lipinski definition) is 2. The van der Waals surface area contributed by atoms with Gasteiger partial charge in [-0.05, 0) is 110 Å². The van der Waals surface area contributed by atoms with Crippen molar-refractivity contribution in [2.45, 2.75) is 99.3 Å². The summed E-state index contributed by atoms with van der Waals surface area (Å²) in [5, 5.41) is 9.47. The van der Waals surface area contributed by atoms with Crippen LogP contribution in [0.15, 0.2) is 18.2 Å². The summed E-state index contributed by atoms with van der Waals surface area (Å²) in [7, 11) is 0. The molecule has 3 heteroatoms. The van der Waals surface area contributed by atoms with Crippen molar-refractivity contribution in [1.29, 1.82) is 0 Å². The summed E-state index contributed by atoms with van der Waals surface area (Å²) in [5.74, 6) is 0.528. The van der Waals surface area contributed by atoms with E-state index in [1.54, 1.807) is 0 Å². The number of unbranched alkanes of at least 4 members (excludes halogenated alkanes) is 3. The van der Waals surface area contributed by atoms with E-state index in [0.717, 1.165) is 68.9 Å². The number of rotatable bonds is 11. The van der Waals surface area contributed by atoms with Crippen LogP contribution in [-0.4, -0.2) is 11.3 Å². The third-order valence-corrected chi connectivity index (χ3v) is 6.51. The van der Waals surface area contributed by atoms with Crippen molar-refractivity contribution in [1.82, 2.24) is 0 Å². The van der Waals surface area contributed by atoms with Crippen LogP contribution in [0.2, 0.25) is 0 Å². The maximum atomic E-state index is 11.6. The van der Waals surface area contributed by atoms with Gasteiger partial charge in [-0.15, -0.1) is 0 Å². The van der Waals surface area contributed by atoms with Crippen molar-refractivity contribution >= 4 is 6.16 Å². The fraction of sp³-hybridized carbons (Fsp3) is 0.536. The van der Waals surface area contributed by atoms with Gasteiger partial charge in [0.15, 0.2) is 0 Å². The lowest BCUT2D eigenvalue weighted by molar-refractivity contribution is 0.144. The normalized spacial score (nSPS) is 11.0. The van der Waals surface area contributed by atoms with Crippen molar-refractivity contribution in [2.24, 2.45) is 0 Å². The highest BCUT2D eigenvalue weighted by molar-refractivity contribution is 5.77. The van der Waals surface area contributed by atoms with Gasteiger partial charge in [-0.1, -0.05) is 52.2 Å². The number of carbonyl (C=O) groups is 1. The predicted octanol–water partition coefficient (Wildman–Crippen LogP) is 8.36. The van der Waals surface area contributed by atoms with Crippen molar-refractivity contribution in [2.75, 3.05) is 0 Å². The van der Waals surface area contributed by atoms with Gasteiger partial charge in [0.25, 0.3) is 0 Å². The fourth-order valence-electron chi connectivity index (χ4n) is 4.39. The fourth-order valence-corrected chi connectivity index (χ4v) is 4.39. The molecule has 0 aliphatic heterocycles. The van der Waals surface area contributed by atoms with Crippen LogP contribution < -0.4 is 4.74 Å². The minimum Gasteiger partial charge on any atom is -0.449 e. The van der Waals surface area contributed by atoms with Crippen LogP contribution >= 0.6 is 0 Å². The Balaban J connectivity index is 2.85. The number of hydrogen-bond donors (Lipinski definition) is 1. The van der Waals surface area contributed by atoms with E-state index in [0.29, 0.717) is 5.75 Å². The van der Waals surface area contributed by atoms with E-state index in [1.165, 1.54) is 33.4 Å². The summed E-state index contributed by atoms with van der Waals surface area (Å²) in [6, 6.07) is 6.38. The lowest BCUT2D eigenvalue weighted by Crippen LogP contribution is -2.11. The van der Waals surface area contributed by atoms with E-state index in [9.17, 15) is 9.90 Å². The molecule has 0 aliphatic carbocycles. The molecule has 170 valence electrons. The van der Waals surface area contributed by atoms with Gasteiger partial charge in [0, 0.05) is 0 Å². The molecule has 0 saturated heterocycles. The zero-order valence-electron chi connectivity index (χ0n) is 20.4. The maximum absolute atomic E-state index is 11.6. The third kappa shape index (κ3) is 6.12. The summed E-state index contributed by atoms with van der Waals surface area (Å²) in [6.45, 7) is 13.1. The Kier molecular flexibility index (Phi) is 9.61. The molecule has 0 aromatic heterocycles. The van der Waals surface area contributed by atoms with Crippen LogP contribution in [-0.2, 0) is 19.3 Å². The van der Waals surface area contributed by atoms with Gasteiger partial charge in [0.1, 0.15) is 5.75 Å². The first-order valence-electron chi connectivity index (χ1n) is 12.0. The third-order valence-electron chi connectivity index (χ3n) is 6.51. The zero-order chi connectivity index (χ0) is 23.0. The lowest BCUT2D eigenvalue weighted by atomic mass is 9.83. The molecular formula is C28H40O3. The quantitative estimate of drug-likeness (QED) is 0.291. The topological polar surface area (TPSA) is 46.5 Å². The largest absolute Gasteiger partial charge is 0.511 e. The van der Waals surface area contributed by atoms with Crippen LogP contribution in [0.4, 0.5) is 4.79 Å². The van der Waals surface area contributed by atoms with E-state index in [-0.39, 0.29) is 0 Å². The highest BCUT2D eigenvalue weighted by atomic mass is 16.7. The predicted molar refractivity (Wildman–Crippen MR) is 131 cm³/mol. The van der Waals surface area contributed by atoms with Crippen LogP contribution in [0.5, 0.6) is 5.75 Å². The maximum Gasteiger partial charge on any atom is 0.511 e. The van der Waals surface area contributed by atoms with E-state index < -0.39 is 6.16 Å². The molecule has 31 heavy (non-hydrogen) atoms. The minimum atomic E-state index is -1.23. The number of ether oxygens (including phenoxy) is 1. The Bertz CT molecular complexity index is 896. The van der Waals surface area contributed by atoms with E-state index in [1.807, 2.05) is 6.07 Å². The molecule has 0 saturated carbocycles. The highest BCUT2D eigenvalue weighted by Crippen LogP contribution is 2.40. The first-order valence-corrected chi connectivity index (χ1v) is 12.0. The zero-order valence-corrected chi connectivity index (χ0v) is 20.4. The summed E-state index contributed by atoms with van der Waals surface area (Å²) < 4.78 is 5.40. The molecule has 0 unspecified atom stereocenters. The number of aryl methyl sites for hydroxylation is 1. The summed E-state index contributed by atoms with van der Waals surface area (Å²) in [6.07, 6.45) is 8.20. The Morgan fingerprint density at radius 1 is 0.774 bits per heavy atom. The Hall–Kier alpha value is -2.29. The van der Waals surface area contributed by atoms with Crippen molar-refractivity contribution in [3.8, 4) is 16.9 Å². The molecule has 2 aromatic rings. The minimum absolute atomic E-state index is 0.528. The summed E-state index contributed by atoms with van der Waals surface area (Å²) >= 11 is 0. The number of benzene rings is 2. The molecule has 0 fully saturated rings. The first-order chi connectivity index (χ1) is 14.8. The molecule has 0 amide bonds. The van der Waals surface area contributed by atoms with Gasteiger partial charge in [0.05, 0.1) is 0 Å². The number of carboxylic acid groups (broad SMARTS) is 1. The molecule has 0 aliphatic rings. The second-order valence-electron chi connectivity index (χ2n) is 8.72. The second kappa shape index (κ2) is 11.9. The molecule has 2 aromatic carbocycles. The van der Waals surface area contributed by atoms with Gasteiger partial charge < -0.3 is 9.84 Å². The van der Waals surface area contributed by atoms with Crippen LogP contribution in [0, 0.1) is 20.8 Å². The van der Waals surface area contributed by atoms with Gasteiger partial charge in [0.2, 0.25) is 0 Å². The highest BCUT2D eigenvalue weighted by Gasteiger charge is 2.22. The molecule has 0 radical (unpaired) electrons. The summed E-state index contributed by atoms with van der Waals surface area (Å²) in [5.41, 5.74) is 10.0. The van der Waals surface area contributed by atoms with E-state index in [2.05, 4.69) is 53.7 Å². The first kappa shape index (κ1) is 25.0. The van der Waals surface area contributed by atoms with Crippen molar-refractivity contribution in [3.05, 3.63) is 51.6 Å². The lowest BCUT2D eigenvalue weighted by Gasteiger charge is -2.23. The Morgan fingerprint density at radius 2 is 1.32 bits per heavy atom. The average molecular weight is 425 g/mol. The molecule has 0 atom stereocenters. The van der Waals surface area contributed by atoms with Gasteiger partial charge >= 0.3 is 6.16 Å². The van der Waals surface area contributed by atoms with Gasteiger partial charge in [-0.25, -0.2) is 4.79 Å². The van der Waals surface area contributed by atoms with Crippen LogP contribution in [0.25, 0.3) is 11.1 Å². The molecule has 2 rings (SSSR count). The Morgan fingerprint density at radius 3 is 1.87 bits per heavy atom. The average Bonchev–Trinajstić information content (AvgIpc) is 2.74. The standard InChI is InChI=1S/C28H40O3/c1-7-10-13-23-24(14-11-8-2)26(22-17-16-19(4)20(5)21(22)6)18-27(31-28(29)30)25(23)15-12-9-3/h16-18H,7-15H2,1-6H3,(H,29,30). The van der Waals surface area contributed by atoms with E-state index in [4.69, 9.17) is 4.74 Å². The van der Waals surface area contributed by atoms with Gasteiger partial charge in [-0.2, -0.15) is 0 Å². The molecule has 0 heterocycles. The van der Waals surface area contributed by atoms with Crippen LogP contribution in [0.1, 0.15) is 92.7 Å².